The quantitative estimate of drug-likeness (QED) is 0.883. The predicted octanol–water partition coefficient (Wildman–Crippen LogP) is 3.84. The molecular formula is C12H14BrF3O3. The maximum atomic E-state index is 12.1. The first-order chi connectivity index (χ1) is 8.78. The minimum atomic E-state index is -4.29. The molecule has 0 aromatic heterocycles. The van der Waals surface area contributed by atoms with Gasteiger partial charge >= 0.3 is 6.18 Å². The summed E-state index contributed by atoms with van der Waals surface area (Å²) >= 11 is 3.20. The largest absolute Gasteiger partial charge is 0.493 e. The second kappa shape index (κ2) is 6.47. The third-order valence-electron chi connectivity index (χ3n) is 2.56. The molecule has 0 aliphatic rings. The van der Waals surface area contributed by atoms with E-state index in [1.807, 2.05) is 0 Å². The van der Waals surface area contributed by atoms with Crippen LogP contribution in [0, 0.1) is 0 Å². The lowest BCUT2D eigenvalue weighted by atomic mass is 10.0. The molecule has 0 aliphatic heterocycles. The molecular weight excluding hydrogens is 329 g/mol. The van der Waals surface area contributed by atoms with Crippen molar-refractivity contribution in [2.75, 3.05) is 14.2 Å². The molecule has 1 aromatic rings. The molecule has 0 saturated heterocycles. The minimum absolute atomic E-state index is 0.335. The third-order valence-corrected chi connectivity index (χ3v) is 3.25. The normalized spacial score (nSPS) is 13.2. The fourth-order valence-corrected chi connectivity index (χ4v) is 2.17. The van der Waals surface area contributed by atoms with Crippen molar-refractivity contribution in [1.82, 2.24) is 0 Å². The summed E-state index contributed by atoms with van der Waals surface area (Å²) in [6.45, 7) is 0. The molecule has 1 unspecified atom stereocenters. The highest BCUT2D eigenvalue weighted by Crippen LogP contribution is 2.38. The Morgan fingerprint density at radius 2 is 1.74 bits per heavy atom. The Balaban J connectivity index is 2.93. The molecule has 0 bridgehead atoms. The number of alkyl halides is 3. The summed E-state index contributed by atoms with van der Waals surface area (Å²) in [4.78, 5) is 0. The highest BCUT2D eigenvalue weighted by molar-refractivity contribution is 9.10. The van der Waals surface area contributed by atoms with Gasteiger partial charge in [-0.3, -0.25) is 0 Å². The van der Waals surface area contributed by atoms with Gasteiger partial charge in [0, 0.05) is 10.9 Å². The summed E-state index contributed by atoms with van der Waals surface area (Å²) < 4.78 is 47.0. The monoisotopic (exact) mass is 342 g/mol. The molecule has 0 fully saturated rings. The van der Waals surface area contributed by atoms with Gasteiger partial charge in [0.25, 0.3) is 0 Å². The fraction of sp³-hybridized carbons (Fsp3) is 0.500. The Hall–Kier alpha value is -0.950. The molecule has 108 valence electrons. The first-order valence-corrected chi connectivity index (χ1v) is 6.24. The zero-order valence-electron chi connectivity index (χ0n) is 10.4. The van der Waals surface area contributed by atoms with Gasteiger partial charge in [-0.15, -0.1) is 0 Å². The maximum absolute atomic E-state index is 12.1. The Morgan fingerprint density at radius 1 is 1.21 bits per heavy atom. The highest BCUT2D eigenvalue weighted by Gasteiger charge is 2.29. The first-order valence-electron chi connectivity index (χ1n) is 5.44. The Bertz CT molecular complexity index is 435. The maximum Gasteiger partial charge on any atom is 0.389 e. The molecule has 1 aromatic carbocycles. The number of ether oxygens (including phenoxy) is 2. The zero-order valence-corrected chi connectivity index (χ0v) is 12.0. The van der Waals surface area contributed by atoms with Crippen molar-refractivity contribution in [3.8, 4) is 11.5 Å². The van der Waals surface area contributed by atoms with Crippen molar-refractivity contribution >= 4 is 15.9 Å². The van der Waals surface area contributed by atoms with Crippen molar-refractivity contribution in [2.45, 2.75) is 25.1 Å². The molecule has 0 spiro atoms. The summed E-state index contributed by atoms with van der Waals surface area (Å²) in [6, 6.07) is 3.01. The van der Waals surface area contributed by atoms with E-state index in [-0.39, 0.29) is 0 Å². The van der Waals surface area contributed by atoms with Gasteiger partial charge < -0.3 is 14.6 Å². The Morgan fingerprint density at radius 3 is 2.21 bits per heavy atom. The average molecular weight is 343 g/mol. The molecule has 0 amide bonds. The van der Waals surface area contributed by atoms with Crippen molar-refractivity contribution in [1.29, 1.82) is 0 Å². The number of hydrogen-bond donors (Lipinski definition) is 1. The van der Waals surface area contributed by atoms with Crippen LogP contribution >= 0.6 is 15.9 Å². The summed E-state index contributed by atoms with van der Waals surface area (Å²) in [7, 11) is 2.86. The summed E-state index contributed by atoms with van der Waals surface area (Å²) in [5.74, 6) is 0.785. The number of benzene rings is 1. The van der Waals surface area contributed by atoms with Crippen molar-refractivity contribution in [3.05, 3.63) is 22.2 Å². The number of rotatable bonds is 5. The van der Waals surface area contributed by atoms with Gasteiger partial charge in [0.05, 0.1) is 20.3 Å². The van der Waals surface area contributed by atoms with E-state index < -0.39 is 25.1 Å². The van der Waals surface area contributed by atoms with E-state index in [0.29, 0.717) is 21.5 Å². The van der Waals surface area contributed by atoms with Gasteiger partial charge in [-0.2, -0.15) is 13.2 Å². The summed E-state index contributed by atoms with van der Waals surface area (Å²) in [5.41, 5.74) is 0.335. The third kappa shape index (κ3) is 4.58. The van der Waals surface area contributed by atoms with Crippen LogP contribution in [-0.4, -0.2) is 25.5 Å². The number of methoxy groups -OCH3 is 2. The second-order valence-electron chi connectivity index (χ2n) is 3.90. The molecule has 0 radical (unpaired) electrons. The average Bonchev–Trinajstić information content (AvgIpc) is 2.34. The molecule has 3 nitrogen and oxygen atoms in total. The van der Waals surface area contributed by atoms with E-state index in [0.717, 1.165) is 0 Å². The molecule has 1 atom stereocenters. The Labute approximate surface area is 117 Å². The molecule has 0 saturated carbocycles. The molecule has 1 rings (SSSR count). The first kappa shape index (κ1) is 16.1. The minimum Gasteiger partial charge on any atom is -0.493 e. The smallest absolute Gasteiger partial charge is 0.389 e. The van der Waals surface area contributed by atoms with E-state index in [1.54, 1.807) is 6.07 Å². The number of aliphatic hydroxyl groups is 1. The number of aliphatic hydroxyl groups excluding tert-OH is 1. The SMILES string of the molecule is COc1cc(Br)c(C(O)CCC(F)(F)F)cc1OC. The van der Waals surface area contributed by atoms with Gasteiger partial charge in [-0.05, 0) is 24.1 Å². The lowest BCUT2D eigenvalue weighted by molar-refractivity contribution is -0.140. The molecule has 0 aliphatic carbocycles. The van der Waals surface area contributed by atoms with E-state index in [9.17, 15) is 18.3 Å². The van der Waals surface area contributed by atoms with Crippen LogP contribution in [0.3, 0.4) is 0 Å². The van der Waals surface area contributed by atoms with Crippen LogP contribution in [0.1, 0.15) is 24.5 Å². The predicted molar refractivity (Wildman–Crippen MR) is 67.5 cm³/mol. The van der Waals surface area contributed by atoms with Crippen LogP contribution in [0.5, 0.6) is 11.5 Å². The summed E-state index contributed by atoms with van der Waals surface area (Å²) in [6.07, 6.45) is -6.97. The fourth-order valence-electron chi connectivity index (χ4n) is 1.58. The van der Waals surface area contributed by atoms with Crippen LogP contribution in [0.15, 0.2) is 16.6 Å². The van der Waals surface area contributed by atoms with Crippen molar-refractivity contribution < 1.29 is 27.8 Å². The van der Waals surface area contributed by atoms with Crippen molar-refractivity contribution in [2.24, 2.45) is 0 Å². The topological polar surface area (TPSA) is 38.7 Å². The van der Waals surface area contributed by atoms with Crippen molar-refractivity contribution in [3.63, 3.8) is 0 Å². The van der Waals surface area contributed by atoms with Crippen LogP contribution in [0.4, 0.5) is 13.2 Å². The Kier molecular flexibility index (Phi) is 5.49. The van der Waals surface area contributed by atoms with Gasteiger partial charge in [0.2, 0.25) is 0 Å². The molecule has 7 heteroatoms. The van der Waals surface area contributed by atoms with Crippen LogP contribution < -0.4 is 9.47 Å². The molecule has 0 heterocycles. The summed E-state index contributed by atoms with van der Waals surface area (Å²) in [5, 5.41) is 9.82. The van der Waals surface area contributed by atoms with E-state index >= 15 is 0 Å². The zero-order chi connectivity index (χ0) is 14.6. The highest BCUT2D eigenvalue weighted by atomic mass is 79.9. The molecule has 1 N–H and O–H groups in total. The van der Waals surface area contributed by atoms with Crippen LogP contribution in [-0.2, 0) is 0 Å². The van der Waals surface area contributed by atoms with Gasteiger partial charge in [0.1, 0.15) is 0 Å². The number of hydrogen-bond acceptors (Lipinski definition) is 3. The van der Waals surface area contributed by atoms with E-state index in [1.165, 1.54) is 20.3 Å². The van der Waals surface area contributed by atoms with Crippen LogP contribution in [0.25, 0.3) is 0 Å². The lowest BCUT2D eigenvalue weighted by Gasteiger charge is -2.17. The van der Waals surface area contributed by atoms with Crippen LogP contribution in [0.2, 0.25) is 0 Å². The van der Waals surface area contributed by atoms with Gasteiger partial charge in [0.15, 0.2) is 11.5 Å². The van der Waals surface area contributed by atoms with Gasteiger partial charge in [-0.1, -0.05) is 15.9 Å². The van der Waals surface area contributed by atoms with E-state index in [4.69, 9.17) is 9.47 Å². The van der Waals surface area contributed by atoms with E-state index in [2.05, 4.69) is 15.9 Å². The standard InChI is InChI=1S/C12H14BrF3O3/c1-18-10-5-7(8(13)6-11(10)19-2)9(17)3-4-12(14,15)16/h5-6,9,17H,3-4H2,1-2H3. The number of halogens is 4. The second-order valence-corrected chi connectivity index (χ2v) is 4.75. The lowest BCUT2D eigenvalue weighted by Crippen LogP contribution is -2.10. The molecule has 19 heavy (non-hydrogen) atoms. The van der Waals surface area contributed by atoms with Gasteiger partial charge in [-0.25, -0.2) is 0 Å².